The van der Waals surface area contributed by atoms with Crippen LogP contribution in [-0.4, -0.2) is 45.2 Å². The van der Waals surface area contributed by atoms with Crippen LogP contribution in [0.1, 0.15) is 32.8 Å². The molecule has 0 spiro atoms. The average molecular weight is 442 g/mol. The molecule has 0 atom stereocenters. The molecule has 0 fully saturated rings. The standard InChI is InChI=1S/C16H30N2O2S.HI/c1-5-18(6-2,7-3)13-8-14-21(17,19,20)16-11-9-15(4)10-12-16;/h9-12H,5-8,13-14H2,1-4H3,(H2-,17,19,20);1H. The molecule has 0 aliphatic rings. The van der Waals surface area contributed by atoms with E-state index in [2.05, 4.69) is 20.8 Å². The molecule has 0 aromatic heterocycles. The quantitative estimate of drug-likeness (QED) is 0.433. The third kappa shape index (κ3) is 5.56. The summed E-state index contributed by atoms with van der Waals surface area (Å²) in [4.78, 5) is 0.347. The minimum absolute atomic E-state index is 0. The summed E-state index contributed by atoms with van der Waals surface area (Å²) in [5, 5.41) is 5.89. The second-order valence-electron chi connectivity index (χ2n) is 6.01. The Morgan fingerprint density at radius 3 is 1.95 bits per heavy atom. The second-order valence-corrected chi connectivity index (χ2v) is 9.14. The van der Waals surface area contributed by atoms with Gasteiger partial charge in [-0.05, 0) is 39.8 Å². The van der Waals surface area contributed by atoms with Gasteiger partial charge in [0.25, 0.3) is 0 Å². The molecule has 0 saturated carbocycles. The zero-order chi connectivity index (χ0) is 16.2. The summed E-state index contributed by atoms with van der Waals surface area (Å²) in [7, 11) is -4.21. The first-order chi connectivity index (χ1) is 9.66. The van der Waals surface area contributed by atoms with Gasteiger partial charge in [-0.3, -0.25) is 4.55 Å². The average Bonchev–Trinajstić information content (AvgIpc) is 2.44. The Morgan fingerprint density at radius 2 is 1.55 bits per heavy atom. The normalized spacial score (nSPS) is 14.0. The Morgan fingerprint density at radius 1 is 1.09 bits per heavy atom. The molecule has 1 aromatic rings. The van der Waals surface area contributed by atoms with Gasteiger partial charge in [0.15, 0.2) is 0 Å². The highest BCUT2D eigenvalue weighted by molar-refractivity contribution is 8.13. The molecule has 0 heterocycles. The van der Waals surface area contributed by atoms with E-state index in [1.807, 2.05) is 19.1 Å². The number of rotatable bonds is 8. The highest BCUT2D eigenvalue weighted by Gasteiger charge is 2.27. The van der Waals surface area contributed by atoms with Crippen molar-refractivity contribution in [1.29, 1.82) is 0 Å². The Labute approximate surface area is 152 Å². The van der Waals surface area contributed by atoms with Crippen LogP contribution in [0.3, 0.4) is 0 Å². The monoisotopic (exact) mass is 442 g/mol. The highest BCUT2D eigenvalue weighted by Crippen LogP contribution is 2.27. The number of benzene rings is 1. The van der Waals surface area contributed by atoms with Gasteiger partial charge in [-0.25, -0.2) is 5.14 Å². The van der Waals surface area contributed by atoms with Crippen LogP contribution >= 0.6 is 0 Å². The third-order valence-corrected chi connectivity index (χ3v) is 7.07. The minimum atomic E-state index is -4.21. The molecule has 6 heteroatoms. The molecular formula is C16H31IN2O2S. The number of nitrogens with zero attached hydrogens (tertiary/aromatic N) is 1. The molecule has 0 radical (unpaired) electrons. The van der Waals surface area contributed by atoms with Crippen molar-refractivity contribution in [3.05, 3.63) is 29.8 Å². The van der Waals surface area contributed by atoms with E-state index in [4.69, 9.17) is 5.14 Å². The molecule has 0 saturated heterocycles. The fourth-order valence-corrected chi connectivity index (χ4v) is 4.41. The van der Waals surface area contributed by atoms with Crippen LogP contribution in [0, 0.1) is 6.92 Å². The van der Waals surface area contributed by atoms with Crippen LogP contribution < -0.4 is 29.1 Å². The molecule has 1 rings (SSSR count). The lowest BCUT2D eigenvalue weighted by atomic mass is 10.2. The molecule has 0 aliphatic heterocycles. The summed E-state index contributed by atoms with van der Waals surface area (Å²) in [6, 6.07) is 7.00. The topological polar surface area (TPSA) is 63.3 Å². The van der Waals surface area contributed by atoms with Gasteiger partial charge in [0.1, 0.15) is 0 Å². The van der Waals surface area contributed by atoms with E-state index < -0.39 is 9.53 Å². The van der Waals surface area contributed by atoms with Gasteiger partial charge in [0.2, 0.25) is 0 Å². The van der Waals surface area contributed by atoms with Crippen molar-refractivity contribution in [3.63, 3.8) is 0 Å². The number of aryl methyl sites for hydroxylation is 1. The predicted octanol–water partition coefficient (Wildman–Crippen LogP) is -0.209. The van der Waals surface area contributed by atoms with Crippen molar-refractivity contribution >= 4 is 9.53 Å². The van der Waals surface area contributed by atoms with Crippen LogP contribution in [0.5, 0.6) is 0 Å². The zero-order valence-corrected chi connectivity index (χ0v) is 17.2. The molecule has 0 bridgehead atoms. The molecule has 0 aliphatic carbocycles. The van der Waals surface area contributed by atoms with Crippen molar-refractivity contribution < 1.29 is 37.2 Å². The highest BCUT2D eigenvalue weighted by atomic mass is 127. The largest absolute Gasteiger partial charge is 1.00 e. The van der Waals surface area contributed by atoms with E-state index in [0.29, 0.717) is 11.3 Å². The Hall–Kier alpha value is -0.0200. The molecule has 0 amide bonds. The van der Waals surface area contributed by atoms with Crippen molar-refractivity contribution in [3.8, 4) is 0 Å². The minimum Gasteiger partial charge on any atom is -1.00 e. The van der Waals surface area contributed by atoms with Crippen LogP contribution in [0.25, 0.3) is 0 Å². The number of nitrogens with two attached hydrogens (primary N) is 1. The van der Waals surface area contributed by atoms with Crippen LogP contribution in [0.2, 0.25) is 0 Å². The van der Waals surface area contributed by atoms with E-state index in [1.165, 1.54) is 0 Å². The van der Waals surface area contributed by atoms with E-state index in [-0.39, 0.29) is 29.7 Å². The lowest BCUT2D eigenvalue weighted by molar-refractivity contribution is -0.923. The van der Waals surface area contributed by atoms with Crippen molar-refractivity contribution in [2.75, 3.05) is 31.9 Å². The molecule has 1 aromatic carbocycles. The van der Waals surface area contributed by atoms with E-state index in [0.717, 1.165) is 36.2 Å². The van der Waals surface area contributed by atoms with Crippen LogP contribution in [0.4, 0.5) is 0 Å². The zero-order valence-electron chi connectivity index (χ0n) is 14.2. The maximum atomic E-state index is 12.8. The number of halogens is 1. The molecule has 0 unspecified atom stereocenters. The molecular weight excluding hydrogens is 411 g/mol. The lowest BCUT2D eigenvalue weighted by Crippen LogP contribution is -3.00. The first kappa shape index (κ1) is 22.0. The molecule has 4 nitrogen and oxygen atoms in total. The van der Waals surface area contributed by atoms with Crippen LogP contribution in [-0.2, 0) is 9.53 Å². The Balaban J connectivity index is 0.00000441. The van der Waals surface area contributed by atoms with Gasteiger partial charge in [-0.15, -0.1) is 9.53 Å². The van der Waals surface area contributed by atoms with Crippen LogP contribution in [0.15, 0.2) is 29.2 Å². The smallest absolute Gasteiger partial charge is 0.0802 e. The third-order valence-electron chi connectivity index (χ3n) is 4.71. The summed E-state index contributed by atoms with van der Waals surface area (Å²) >= 11 is 0. The van der Waals surface area contributed by atoms with Crippen molar-refractivity contribution in [2.45, 2.75) is 39.0 Å². The Kier molecular flexibility index (Phi) is 8.18. The summed E-state index contributed by atoms with van der Waals surface area (Å²) in [5.41, 5.74) is 1.06. The molecule has 22 heavy (non-hydrogen) atoms. The second kappa shape index (κ2) is 8.19. The maximum absolute atomic E-state index is 12.8. The van der Waals surface area contributed by atoms with Gasteiger partial charge in [0.05, 0.1) is 36.8 Å². The van der Waals surface area contributed by atoms with Gasteiger partial charge in [-0.1, -0.05) is 17.7 Å². The SMILES string of the molecule is CC[N+](CC)(CC)CCCS(N)(=O)(O)c1ccc(C)cc1.[I-]. The van der Waals surface area contributed by atoms with Gasteiger partial charge in [-0.2, -0.15) is 4.21 Å². The summed E-state index contributed by atoms with van der Waals surface area (Å²) < 4.78 is 24.2. The molecule has 3 N–H and O–H groups in total. The van der Waals surface area contributed by atoms with E-state index in [1.54, 1.807) is 12.1 Å². The Bertz CT molecular complexity index is 513. The summed E-state index contributed by atoms with van der Waals surface area (Å²) in [5.74, 6) is 0.125. The fourth-order valence-electron chi connectivity index (χ4n) is 2.77. The number of hydrogen-bond acceptors (Lipinski definition) is 1. The first-order valence-electron chi connectivity index (χ1n) is 7.79. The molecule has 130 valence electrons. The number of hydrogen-bond donors (Lipinski definition) is 2. The first-order valence-corrected chi connectivity index (χ1v) is 9.94. The van der Waals surface area contributed by atoms with Gasteiger partial charge in [0, 0.05) is 6.42 Å². The number of quaternary nitrogens is 1. The lowest BCUT2D eigenvalue weighted by Gasteiger charge is -2.41. The predicted molar refractivity (Wildman–Crippen MR) is 90.6 cm³/mol. The summed E-state index contributed by atoms with van der Waals surface area (Å²) in [6.45, 7) is 12.5. The van der Waals surface area contributed by atoms with Gasteiger partial charge >= 0.3 is 0 Å². The van der Waals surface area contributed by atoms with Gasteiger partial charge < -0.3 is 28.5 Å². The fraction of sp³-hybridized carbons (Fsp3) is 0.625. The van der Waals surface area contributed by atoms with Crippen molar-refractivity contribution in [2.24, 2.45) is 5.14 Å². The van der Waals surface area contributed by atoms with E-state index >= 15 is 0 Å². The maximum Gasteiger partial charge on any atom is 0.0802 e. The summed E-state index contributed by atoms with van der Waals surface area (Å²) in [6.07, 6.45) is 0.655. The van der Waals surface area contributed by atoms with Crippen molar-refractivity contribution in [1.82, 2.24) is 0 Å². The van der Waals surface area contributed by atoms with E-state index in [9.17, 15) is 8.76 Å².